The molecule has 0 aromatic heterocycles. The van der Waals surface area contributed by atoms with Crippen LogP contribution in [-0.4, -0.2) is 19.2 Å². The fourth-order valence-corrected chi connectivity index (χ4v) is 2.30. The van der Waals surface area contributed by atoms with Crippen LogP contribution in [-0.2, 0) is 4.74 Å². The van der Waals surface area contributed by atoms with Gasteiger partial charge in [-0.25, -0.2) is 0 Å². The lowest BCUT2D eigenvalue weighted by molar-refractivity contribution is -0.0150. The first-order valence-corrected chi connectivity index (χ1v) is 6.66. The van der Waals surface area contributed by atoms with E-state index in [-0.39, 0.29) is 6.10 Å². The molecule has 1 aromatic carbocycles. The van der Waals surface area contributed by atoms with Gasteiger partial charge in [0, 0.05) is 11.0 Å². The zero-order valence-corrected chi connectivity index (χ0v) is 11.2. The summed E-state index contributed by atoms with van der Waals surface area (Å²) in [6.45, 7) is 4.24. The van der Waals surface area contributed by atoms with Crippen LogP contribution in [0, 0.1) is 0 Å². The van der Waals surface area contributed by atoms with Gasteiger partial charge in [0.25, 0.3) is 0 Å². The topological polar surface area (TPSA) is 21.3 Å². The van der Waals surface area contributed by atoms with Gasteiger partial charge in [-0.3, -0.25) is 0 Å². The number of hydrogen-bond donors (Lipinski definition) is 1. The fraction of sp³-hybridized carbons (Fsp3) is 0.538. The van der Waals surface area contributed by atoms with Crippen LogP contribution in [0.5, 0.6) is 0 Å². The second-order valence-corrected chi connectivity index (χ2v) is 5.21. The van der Waals surface area contributed by atoms with Crippen molar-refractivity contribution in [1.82, 2.24) is 5.32 Å². The zero-order valence-electron chi connectivity index (χ0n) is 9.58. The van der Waals surface area contributed by atoms with E-state index in [9.17, 15) is 0 Å². The van der Waals surface area contributed by atoms with Crippen molar-refractivity contribution in [2.45, 2.75) is 32.0 Å². The number of nitrogens with one attached hydrogen (secondary N) is 1. The summed E-state index contributed by atoms with van der Waals surface area (Å²) in [6, 6.07) is 8.36. The Morgan fingerprint density at radius 1 is 1.38 bits per heavy atom. The van der Waals surface area contributed by atoms with Crippen LogP contribution in [0.1, 0.15) is 31.4 Å². The lowest BCUT2D eigenvalue weighted by Crippen LogP contribution is -2.35. The molecule has 2 nitrogen and oxygen atoms in total. The molecule has 1 fully saturated rings. The van der Waals surface area contributed by atoms with E-state index in [1.54, 1.807) is 0 Å². The minimum Gasteiger partial charge on any atom is -0.369 e. The van der Waals surface area contributed by atoms with E-state index in [1.165, 1.54) is 18.4 Å². The van der Waals surface area contributed by atoms with Crippen LogP contribution < -0.4 is 5.32 Å². The van der Waals surface area contributed by atoms with Gasteiger partial charge in [-0.1, -0.05) is 28.1 Å². The Morgan fingerprint density at radius 2 is 2.12 bits per heavy atom. The van der Waals surface area contributed by atoms with E-state index in [1.807, 2.05) is 0 Å². The third-order valence-electron chi connectivity index (χ3n) is 2.99. The Bertz CT molecular complexity index is 319. The van der Waals surface area contributed by atoms with Crippen molar-refractivity contribution in [3.8, 4) is 0 Å². The molecule has 1 aliphatic rings. The third kappa shape index (κ3) is 3.30. The zero-order chi connectivity index (χ0) is 11.4. The van der Waals surface area contributed by atoms with E-state index in [4.69, 9.17) is 4.74 Å². The number of benzene rings is 1. The SMILES string of the molecule is CC(OC1CCCNC1)c1ccc(Br)cc1. The predicted molar refractivity (Wildman–Crippen MR) is 69.5 cm³/mol. The van der Waals surface area contributed by atoms with Crippen molar-refractivity contribution in [1.29, 1.82) is 0 Å². The van der Waals surface area contributed by atoms with Crippen molar-refractivity contribution < 1.29 is 4.74 Å². The first-order chi connectivity index (χ1) is 7.75. The van der Waals surface area contributed by atoms with E-state index in [0.29, 0.717) is 6.10 Å². The van der Waals surface area contributed by atoms with Gasteiger partial charge in [0.15, 0.2) is 0 Å². The molecular weight excluding hydrogens is 266 g/mol. The summed E-state index contributed by atoms with van der Waals surface area (Å²) in [5.74, 6) is 0. The molecule has 0 aliphatic carbocycles. The number of halogens is 1. The molecule has 0 radical (unpaired) electrons. The summed E-state index contributed by atoms with van der Waals surface area (Å²) in [7, 11) is 0. The highest BCUT2D eigenvalue weighted by Gasteiger charge is 2.17. The standard InChI is InChI=1S/C13H18BrNO/c1-10(11-4-6-12(14)7-5-11)16-13-3-2-8-15-9-13/h4-7,10,13,15H,2-3,8-9H2,1H3. The minimum atomic E-state index is 0.179. The second kappa shape index (κ2) is 5.80. The molecular formula is C13H18BrNO. The second-order valence-electron chi connectivity index (χ2n) is 4.30. The summed E-state index contributed by atoms with van der Waals surface area (Å²) in [6.07, 6.45) is 2.94. The summed E-state index contributed by atoms with van der Waals surface area (Å²) in [5.41, 5.74) is 1.24. The third-order valence-corrected chi connectivity index (χ3v) is 3.52. The average molecular weight is 284 g/mol. The van der Waals surface area contributed by atoms with Crippen LogP contribution in [0.3, 0.4) is 0 Å². The average Bonchev–Trinajstić information content (AvgIpc) is 2.31. The van der Waals surface area contributed by atoms with Crippen molar-refractivity contribution >= 4 is 15.9 Å². The van der Waals surface area contributed by atoms with Crippen LogP contribution in [0.2, 0.25) is 0 Å². The Hall–Kier alpha value is -0.380. The number of ether oxygens (including phenoxy) is 1. The summed E-state index contributed by atoms with van der Waals surface area (Å²) in [4.78, 5) is 0. The molecule has 1 N–H and O–H groups in total. The minimum absolute atomic E-state index is 0.179. The first kappa shape index (κ1) is 12.1. The van der Waals surface area contributed by atoms with E-state index < -0.39 is 0 Å². The Morgan fingerprint density at radius 3 is 2.75 bits per heavy atom. The molecule has 1 saturated heterocycles. The van der Waals surface area contributed by atoms with Gasteiger partial charge in [0.2, 0.25) is 0 Å². The first-order valence-electron chi connectivity index (χ1n) is 5.87. The molecule has 1 aromatic rings. The molecule has 3 heteroatoms. The Labute approximate surface area is 106 Å². The van der Waals surface area contributed by atoms with Crippen LogP contribution in [0.25, 0.3) is 0 Å². The highest BCUT2D eigenvalue weighted by molar-refractivity contribution is 9.10. The molecule has 2 rings (SSSR count). The monoisotopic (exact) mass is 283 g/mol. The predicted octanol–water partition coefficient (Wildman–Crippen LogP) is 3.28. The molecule has 88 valence electrons. The van der Waals surface area contributed by atoms with Gasteiger partial charge < -0.3 is 10.1 Å². The van der Waals surface area contributed by atoms with Crippen molar-refractivity contribution in [2.75, 3.05) is 13.1 Å². The van der Waals surface area contributed by atoms with Crippen molar-refractivity contribution in [2.24, 2.45) is 0 Å². The quantitative estimate of drug-likeness (QED) is 0.919. The van der Waals surface area contributed by atoms with E-state index in [2.05, 4.69) is 52.4 Å². The van der Waals surface area contributed by atoms with Crippen LogP contribution >= 0.6 is 15.9 Å². The lowest BCUT2D eigenvalue weighted by atomic mass is 10.1. The van der Waals surface area contributed by atoms with Gasteiger partial charge in [-0.05, 0) is 44.0 Å². The maximum Gasteiger partial charge on any atom is 0.0801 e. The summed E-state index contributed by atoms with van der Waals surface area (Å²) < 4.78 is 7.15. The Balaban J connectivity index is 1.91. The van der Waals surface area contributed by atoms with Crippen molar-refractivity contribution in [3.05, 3.63) is 34.3 Å². The highest BCUT2D eigenvalue weighted by atomic mass is 79.9. The lowest BCUT2D eigenvalue weighted by Gasteiger charge is -2.26. The highest BCUT2D eigenvalue weighted by Crippen LogP contribution is 2.22. The normalized spacial score (nSPS) is 23.0. The van der Waals surface area contributed by atoms with Crippen LogP contribution in [0.4, 0.5) is 0 Å². The molecule has 0 bridgehead atoms. The maximum atomic E-state index is 6.04. The largest absolute Gasteiger partial charge is 0.369 e. The molecule has 1 aliphatic heterocycles. The molecule has 16 heavy (non-hydrogen) atoms. The smallest absolute Gasteiger partial charge is 0.0801 e. The number of hydrogen-bond acceptors (Lipinski definition) is 2. The Kier molecular flexibility index (Phi) is 4.38. The molecule has 0 saturated carbocycles. The van der Waals surface area contributed by atoms with Crippen molar-refractivity contribution in [3.63, 3.8) is 0 Å². The van der Waals surface area contributed by atoms with Gasteiger partial charge in [0.1, 0.15) is 0 Å². The van der Waals surface area contributed by atoms with Gasteiger partial charge in [-0.15, -0.1) is 0 Å². The van der Waals surface area contributed by atoms with E-state index in [0.717, 1.165) is 17.6 Å². The molecule has 1 heterocycles. The fourth-order valence-electron chi connectivity index (χ4n) is 2.04. The molecule has 2 unspecified atom stereocenters. The van der Waals surface area contributed by atoms with Gasteiger partial charge in [-0.2, -0.15) is 0 Å². The molecule has 0 amide bonds. The van der Waals surface area contributed by atoms with Gasteiger partial charge in [0.05, 0.1) is 12.2 Å². The van der Waals surface area contributed by atoms with Crippen LogP contribution in [0.15, 0.2) is 28.7 Å². The molecule has 2 atom stereocenters. The van der Waals surface area contributed by atoms with Gasteiger partial charge >= 0.3 is 0 Å². The summed E-state index contributed by atoms with van der Waals surface area (Å²) in [5, 5.41) is 3.37. The number of rotatable bonds is 3. The number of piperidine rings is 1. The van der Waals surface area contributed by atoms with E-state index >= 15 is 0 Å². The molecule has 0 spiro atoms. The maximum absolute atomic E-state index is 6.04. The summed E-state index contributed by atoms with van der Waals surface area (Å²) >= 11 is 3.44.